The molecule has 0 aliphatic rings. The molecule has 1 aromatic heterocycles. The number of nitrogens with one attached hydrogen (secondary N) is 1. The van der Waals surface area contributed by atoms with Gasteiger partial charge in [0, 0.05) is 12.6 Å². The van der Waals surface area contributed by atoms with Gasteiger partial charge in [-0.3, -0.25) is 0 Å². The molecule has 0 fully saturated rings. The highest BCUT2D eigenvalue weighted by Crippen LogP contribution is 2.03. The summed E-state index contributed by atoms with van der Waals surface area (Å²) in [7, 11) is 0. The van der Waals surface area contributed by atoms with Gasteiger partial charge in [-0.15, -0.1) is 0 Å². The molecule has 1 unspecified atom stereocenters. The molecule has 0 radical (unpaired) electrons. The summed E-state index contributed by atoms with van der Waals surface area (Å²) >= 11 is 0. The highest BCUT2D eigenvalue weighted by atomic mass is 15.2. The van der Waals surface area contributed by atoms with E-state index in [1.54, 1.807) is 12.4 Å². The minimum atomic E-state index is 0.323. The van der Waals surface area contributed by atoms with Crippen LogP contribution in [-0.4, -0.2) is 40.5 Å². The first-order valence-electron chi connectivity index (χ1n) is 5.72. The standard InChI is InChI=1S/C11H21N5/c1-4-16(5-2)8-9(3)15-11-13-6-10(12)7-14-11/h6-7,9H,4-5,8,12H2,1-3H3,(H,13,14,15). The third-order valence-electron chi connectivity index (χ3n) is 2.47. The Kier molecular flexibility index (Phi) is 4.98. The van der Waals surface area contributed by atoms with Gasteiger partial charge < -0.3 is 16.0 Å². The SMILES string of the molecule is CCN(CC)CC(C)Nc1ncc(N)cn1. The van der Waals surface area contributed by atoms with Gasteiger partial charge >= 0.3 is 0 Å². The second-order valence-electron chi connectivity index (χ2n) is 3.87. The molecule has 0 amide bonds. The number of nitrogens with zero attached hydrogens (tertiary/aromatic N) is 3. The molecule has 1 aromatic rings. The van der Waals surface area contributed by atoms with Crippen LogP contribution in [-0.2, 0) is 0 Å². The van der Waals surface area contributed by atoms with E-state index in [9.17, 15) is 0 Å². The van der Waals surface area contributed by atoms with E-state index >= 15 is 0 Å². The van der Waals surface area contributed by atoms with Crippen LogP contribution in [0.15, 0.2) is 12.4 Å². The van der Waals surface area contributed by atoms with Crippen LogP contribution in [0.25, 0.3) is 0 Å². The first-order valence-corrected chi connectivity index (χ1v) is 5.72. The van der Waals surface area contributed by atoms with Crippen molar-refractivity contribution < 1.29 is 0 Å². The third kappa shape index (κ3) is 4.02. The fraction of sp³-hybridized carbons (Fsp3) is 0.636. The Morgan fingerprint density at radius 1 is 1.31 bits per heavy atom. The van der Waals surface area contributed by atoms with Gasteiger partial charge in [0.15, 0.2) is 0 Å². The molecule has 0 aliphatic heterocycles. The van der Waals surface area contributed by atoms with Crippen molar-refractivity contribution in [2.75, 3.05) is 30.7 Å². The molecule has 1 heterocycles. The van der Waals surface area contributed by atoms with Crippen molar-refractivity contribution in [3.05, 3.63) is 12.4 Å². The average Bonchev–Trinajstić information content (AvgIpc) is 2.29. The molecule has 5 nitrogen and oxygen atoms in total. The zero-order valence-electron chi connectivity index (χ0n) is 10.3. The summed E-state index contributed by atoms with van der Waals surface area (Å²) in [6.45, 7) is 9.56. The smallest absolute Gasteiger partial charge is 0.222 e. The maximum atomic E-state index is 5.52. The first kappa shape index (κ1) is 12.7. The summed E-state index contributed by atoms with van der Waals surface area (Å²) in [4.78, 5) is 10.6. The number of likely N-dealkylation sites (N-methyl/N-ethyl adjacent to an activating group) is 1. The molecule has 0 aromatic carbocycles. The largest absolute Gasteiger partial charge is 0.396 e. The van der Waals surface area contributed by atoms with Crippen molar-refractivity contribution in [2.45, 2.75) is 26.8 Å². The van der Waals surface area contributed by atoms with Crippen LogP contribution in [0, 0.1) is 0 Å². The summed E-state index contributed by atoms with van der Waals surface area (Å²) in [6, 6.07) is 0.323. The number of anilines is 2. The lowest BCUT2D eigenvalue weighted by Crippen LogP contribution is -2.35. The number of hydrogen-bond acceptors (Lipinski definition) is 5. The fourth-order valence-electron chi connectivity index (χ4n) is 1.55. The molecule has 0 aliphatic carbocycles. The van der Waals surface area contributed by atoms with Gasteiger partial charge in [0.25, 0.3) is 0 Å². The van der Waals surface area contributed by atoms with Crippen molar-refractivity contribution in [1.82, 2.24) is 14.9 Å². The minimum Gasteiger partial charge on any atom is -0.396 e. The van der Waals surface area contributed by atoms with E-state index in [-0.39, 0.29) is 0 Å². The normalized spacial score (nSPS) is 12.8. The number of aromatic nitrogens is 2. The Labute approximate surface area is 97.1 Å². The van der Waals surface area contributed by atoms with Crippen molar-refractivity contribution >= 4 is 11.6 Å². The Bertz CT molecular complexity index is 294. The highest BCUT2D eigenvalue weighted by Gasteiger charge is 2.07. The maximum Gasteiger partial charge on any atom is 0.222 e. The van der Waals surface area contributed by atoms with E-state index in [1.165, 1.54) is 0 Å². The Hall–Kier alpha value is -1.36. The molecule has 1 atom stereocenters. The second-order valence-corrected chi connectivity index (χ2v) is 3.87. The molecule has 0 saturated heterocycles. The lowest BCUT2D eigenvalue weighted by Gasteiger charge is -2.23. The van der Waals surface area contributed by atoms with Gasteiger partial charge in [-0.25, -0.2) is 9.97 Å². The van der Waals surface area contributed by atoms with Crippen LogP contribution in [0.1, 0.15) is 20.8 Å². The second kappa shape index (κ2) is 6.27. The van der Waals surface area contributed by atoms with Crippen LogP contribution < -0.4 is 11.1 Å². The Morgan fingerprint density at radius 2 is 1.88 bits per heavy atom. The first-order chi connectivity index (χ1) is 7.65. The molecule has 5 heteroatoms. The molecule has 0 saturated carbocycles. The summed E-state index contributed by atoms with van der Waals surface area (Å²) in [5.41, 5.74) is 6.11. The van der Waals surface area contributed by atoms with E-state index in [4.69, 9.17) is 5.73 Å². The fourth-order valence-corrected chi connectivity index (χ4v) is 1.55. The van der Waals surface area contributed by atoms with E-state index in [1.807, 2.05) is 0 Å². The van der Waals surface area contributed by atoms with Gasteiger partial charge in [-0.2, -0.15) is 0 Å². The molecular weight excluding hydrogens is 202 g/mol. The Balaban J connectivity index is 2.44. The predicted octanol–water partition coefficient (Wildman–Crippen LogP) is 1.20. The maximum absolute atomic E-state index is 5.52. The topological polar surface area (TPSA) is 67.1 Å². The van der Waals surface area contributed by atoms with Gasteiger partial charge in [0.05, 0.1) is 18.1 Å². The van der Waals surface area contributed by atoms with Gasteiger partial charge in [0.2, 0.25) is 5.95 Å². The molecule has 0 bridgehead atoms. The number of hydrogen-bond donors (Lipinski definition) is 2. The highest BCUT2D eigenvalue weighted by molar-refractivity contribution is 5.36. The molecular formula is C11H21N5. The zero-order valence-corrected chi connectivity index (χ0v) is 10.3. The summed E-state index contributed by atoms with van der Waals surface area (Å²) in [5, 5.41) is 3.25. The summed E-state index contributed by atoms with van der Waals surface area (Å²) in [6.07, 6.45) is 3.22. The van der Waals surface area contributed by atoms with Crippen molar-refractivity contribution in [2.24, 2.45) is 0 Å². The predicted molar refractivity (Wildman–Crippen MR) is 67.3 cm³/mol. The summed E-state index contributed by atoms with van der Waals surface area (Å²) in [5.74, 6) is 0.633. The van der Waals surface area contributed by atoms with Crippen molar-refractivity contribution in [3.63, 3.8) is 0 Å². The van der Waals surface area contributed by atoms with Crippen LogP contribution in [0.5, 0.6) is 0 Å². The molecule has 3 N–H and O–H groups in total. The van der Waals surface area contributed by atoms with Crippen LogP contribution >= 0.6 is 0 Å². The van der Waals surface area contributed by atoms with Crippen molar-refractivity contribution in [3.8, 4) is 0 Å². The zero-order chi connectivity index (χ0) is 12.0. The van der Waals surface area contributed by atoms with E-state index in [0.717, 1.165) is 19.6 Å². The van der Waals surface area contributed by atoms with E-state index in [0.29, 0.717) is 17.7 Å². The van der Waals surface area contributed by atoms with Gasteiger partial charge in [-0.1, -0.05) is 13.8 Å². The number of nitrogens with two attached hydrogens (primary N) is 1. The number of nitrogen functional groups attached to an aromatic ring is 1. The van der Waals surface area contributed by atoms with Crippen LogP contribution in [0.2, 0.25) is 0 Å². The van der Waals surface area contributed by atoms with Crippen LogP contribution in [0.3, 0.4) is 0 Å². The Morgan fingerprint density at radius 3 is 2.38 bits per heavy atom. The molecule has 1 rings (SSSR count). The minimum absolute atomic E-state index is 0.323. The summed E-state index contributed by atoms with van der Waals surface area (Å²) < 4.78 is 0. The lowest BCUT2D eigenvalue weighted by molar-refractivity contribution is 0.294. The number of rotatable bonds is 6. The van der Waals surface area contributed by atoms with E-state index < -0.39 is 0 Å². The van der Waals surface area contributed by atoms with Crippen molar-refractivity contribution in [1.29, 1.82) is 0 Å². The lowest BCUT2D eigenvalue weighted by atomic mass is 10.3. The van der Waals surface area contributed by atoms with Gasteiger partial charge in [0.1, 0.15) is 0 Å². The molecule has 16 heavy (non-hydrogen) atoms. The molecule has 90 valence electrons. The monoisotopic (exact) mass is 223 g/mol. The van der Waals surface area contributed by atoms with Gasteiger partial charge in [-0.05, 0) is 20.0 Å². The van der Waals surface area contributed by atoms with Crippen LogP contribution in [0.4, 0.5) is 11.6 Å². The molecule has 0 spiro atoms. The third-order valence-corrected chi connectivity index (χ3v) is 2.47. The average molecular weight is 223 g/mol. The van der Waals surface area contributed by atoms with E-state index in [2.05, 4.69) is 41.0 Å². The quantitative estimate of drug-likeness (QED) is 0.758.